The van der Waals surface area contributed by atoms with Crippen molar-refractivity contribution in [1.29, 1.82) is 0 Å². The van der Waals surface area contributed by atoms with Crippen LogP contribution in [0.1, 0.15) is 28.8 Å². The Kier molecular flexibility index (Phi) is 3.25. The molecule has 0 radical (unpaired) electrons. The molecule has 1 aromatic rings. The smallest absolute Gasteiger partial charge is 0.344 e. The Morgan fingerprint density at radius 2 is 1.63 bits per heavy atom. The van der Waals surface area contributed by atoms with Crippen molar-refractivity contribution >= 4 is 5.97 Å². The molecule has 7 heteroatoms. The molecule has 0 heterocycles. The van der Waals surface area contributed by atoms with E-state index in [9.17, 15) is 22.4 Å². The lowest BCUT2D eigenvalue weighted by Gasteiger charge is -2.13. The third-order valence-corrected chi connectivity index (χ3v) is 3.16. The van der Waals surface area contributed by atoms with E-state index in [4.69, 9.17) is 5.73 Å². The van der Waals surface area contributed by atoms with Crippen molar-refractivity contribution in [2.24, 2.45) is 5.73 Å². The van der Waals surface area contributed by atoms with Crippen LogP contribution in [-0.2, 0) is 11.2 Å². The van der Waals surface area contributed by atoms with Crippen LogP contribution in [0, 0.1) is 23.3 Å². The number of benzene rings is 1. The van der Waals surface area contributed by atoms with Crippen molar-refractivity contribution in [2.45, 2.75) is 24.8 Å². The van der Waals surface area contributed by atoms with Crippen LogP contribution in [-0.4, -0.2) is 18.6 Å². The molecule has 19 heavy (non-hydrogen) atoms. The van der Waals surface area contributed by atoms with Gasteiger partial charge in [0.05, 0.1) is 7.11 Å². The van der Waals surface area contributed by atoms with E-state index in [0.29, 0.717) is 12.8 Å². The molecule has 1 aliphatic carbocycles. The Bertz CT molecular complexity index is 526. The number of carbonyl (C=O) groups excluding carboxylic acids is 1. The van der Waals surface area contributed by atoms with E-state index in [1.165, 1.54) is 0 Å². The fourth-order valence-corrected chi connectivity index (χ4v) is 1.80. The molecule has 0 saturated heterocycles. The molecule has 0 spiro atoms. The summed E-state index contributed by atoms with van der Waals surface area (Å²) >= 11 is 0. The summed E-state index contributed by atoms with van der Waals surface area (Å²) in [7, 11) is 0.851. The maximum absolute atomic E-state index is 13.7. The molecule has 0 amide bonds. The molecule has 1 fully saturated rings. The average Bonchev–Trinajstić information content (AvgIpc) is 3.10. The maximum Gasteiger partial charge on any atom is 0.344 e. The largest absolute Gasteiger partial charge is 0.465 e. The Labute approximate surface area is 106 Å². The van der Waals surface area contributed by atoms with Crippen molar-refractivity contribution in [3.63, 3.8) is 0 Å². The molecule has 0 aromatic heterocycles. The zero-order chi connectivity index (χ0) is 14.4. The van der Waals surface area contributed by atoms with Gasteiger partial charge in [0.15, 0.2) is 23.3 Å². The van der Waals surface area contributed by atoms with E-state index in [0.717, 1.165) is 7.11 Å². The number of rotatable bonds is 3. The van der Waals surface area contributed by atoms with Crippen LogP contribution in [0.25, 0.3) is 0 Å². The first-order valence-electron chi connectivity index (χ1n) is 5.53. The van der Waals surface area contributed by atoms with E-state index in [1.807, 2.05) is 0 Å². The maximum atomic E-state index is 13.7. The van der Waals surface area contributed by atoms with Crippen LogP contribution in [0.15, 0.2) is 0 Å². The first-order chi connectivity index (χ1) is 8.80. The minimum atomic E-state index is -1.76. The third-order valence-electron chi connectivity index (χ3n) is 3.16. The number of methoxy groups -OCH3 is 1. The van der Waals surface area contributed by atoms with E-state index >= 15 is 0 Å². The Balaban J connectivity index is 2.56. The minimum absolute atomic E-state index is 0.319. The number of carbonyl (C=O) groups is 1. The Hall–Kier alpha value is -1.63. The van der Waals surface area contributed by atoms with Crippen LogP contribution in [0.3, 0.4) is 0 Å². The fraction of sp³-hybridized carbons (Fsp3) is 0.417. The van der Waals surface area contributed by atoms with Crippen molar-refractivity contribution in [2.75, 3.05) is 7.11 Å². The first kappa shape index (κ1) is 13.8. The predicted molar refractivity (Wildman–Crippen MR) is 57.5 cm³/mol. The second kappa shape index (κ2) is 4.48. The van der Waals surface area contributed by atoms with Gasteiger partial charge in [-0.2, -0.15) is 0 Å². The van der Waals surface area contributed by atoms with E-state index in [1.54, 1.807) is 0 Å². The molecule has 0 bridgehead atoms. The lowest BCUT2D eigenvalue weighted by Crippen LogP contribution is -2.27. The third kappa shape index (κ3) is 2.30. The summed E-state index contributed by atoms with van der Waals surface area (Å²) in [6.07, 6.45) is 0.724. The van der Waals surface area contributed by atoms with Gasteiger partial charge in [0.2, 0.25) is 0 Å². The van der Waals surface area contributed by atoms with Gasteiger partial charge in [-0.1, -0.05) is 0 Å². The second-order valence-electron chi connectivity index (χ2n) is 4.64. The Morgan fingerprint density at radius 1 is 1.16 bits per heavy atom. The standard InChI is InChI=1S/C12H11F4NO2/c1-19-11(18)6-9(15)7(13)5(8(14)10(6)16)4-12(17)2-3-12/h2-4,17H2,1H3. The van der Waals surface area contributed by atoms with Crippen molar-refractivity contribution in [3.8, 4) is 0 Å². The molecular formula is C12H11F4NO2. The summed E-state index contributed by atoms with van der Waals surface area (Å²) < 4.78 is 58.7. The van der Waals surface area contributed by atoms with Gasteiger partial charge in [-0.05, 0) is 19.3 Å². The minimum Gasteiger partial charge on any atom is -0.465 e. The molecule has 0 unspecified atom stereocenters. The number of esters is 1. The normalized spacial score (nSPS) is 16.3. The predicted octanol–water partition coefficient (Wildman–Crippen LogP) is 2.06. The first-order valence-corrected chi connectivity index (χ1v) is 5.53. The molecular weight excluding hydrogens is 266 g/mol. The highest BCUT2D eigenvalue weighted by Crippen LogP contribution is 2.38. The van der Waals surface area contributed by atoms with Crippen LogP contribution in [0.2, 0.25) is 0 Å². The number of halogens is 4. The molecule has 1 saturated carbocycles. The summed E-state index contributed by atoms with van der Waals surface area (Å²) in [5, 5.41) is 0. The lowest BCUT2D eigenvalue weighted by molar-refractivity contribution is 0.0586. The molecule has 1 aliphatic rings. The van der Waals surface area contributed by atoms with Crippen LogP contribution in [0.5, 0.6) is 0 Å². The fourth-order valence-electron chi connectivity index (χ4n) is 1.80. The van der Waals surface area contributed by atoms with E-state index < -0.39 is 45.9 Å². The molecule has 2 N–H and O–H groups in total. The van der Waals surface area contributed by atoms with Gasteiger partial charge in [0.1, 0.15) is 5.56 Å². The van der Waals surface area contributed by atoms with Crippen LogP contribution in [0.4, 0.5) is 17.6 Å². The average molecular weight is 277 g/mol. The summed E-state index contributed by atoms with van der Waals surface area (Å²) in [4.78, 5) is 11.1. The number of nitrogens with two attached hydrogens (primary N) is 1. The zero-order valence-electron chi connectivity index (χ0n) is 10.0. The monoisotopic (exact) mass is 277 g/mol. The highest BCUT2D eigenvalue weighted by molar-refractivity contribution is 5.90. The lowest BCUT2D eigenvalue weighted by atomic mass is 10.0. The number of hydrogen-bond donors (Lipinski definition) is 1. The van der Waals surface area contributed by atoms with Gasteiger partial charge in [-0.15, -0.1) is 0 Å². The number of ether oxygens (including phenoxy) is 1. The van der Waals surface area contributed by atoms with Crippen LogP contribution >= 0.6 is 0 Å². The van der Waals surface area contributed by atoms with Crippen molar-refractivity contribution < 1.29 is 27.1 Å². The second-order valence-corrected chi connectivity index (χ2v) is 4.64. The molecule has 2 rings (SSSR count). The van der Waals surface area contributed by atoms with Gasteiger partial charge < -0.3 is 10.5 Å². The number of hydrogen-bond acceptors (Lipinski definition) is 3. The topological polar surface area (TPSA) is 52.3 Å². The summed E-state index contributed by atoms with van der Waals surface area (Å²) in [6.45, 7) is 0. The van der Waals surface area contributed by atoms with Gasteiger partial charge in [0.25, 0.3) is 0 Å². The van der Waals surface area contributed by atoms with Crippen LogP contribution < -0.4 is 5.73 Å². The Morgan fingerprint density at radius 3 is 2.00 bits per heavy atom. The van der Waals surface area contributed by atoms with Gasteiger partial charge in [-0.25, -0.2) is 22.4 Å². The van der Waals surface area contributed by atoms with E-state index in [-0.39, 0.29) is 6.42 Å². The molecule has 0 aliphatic heterocycles. The van der Waals surface area contributed by atoms with Gasteiger partial charge in [0, 0.05) is 11.1 Å². The zero-order valence-corrected chi connectivity index (χ0v) is 10.0. The van der Waals surface area contributed by atoms with Gasteiger partial charge in [-0.3, -0.25) is 0 Å². The summed E-state index contributed by atoms with van der Waals surface area (Å²) in [6, 6.07) is 0. The molecule has 1 aromatic carbocycles. The molecule has 3 nitrogen and oxygen atoms in total. The van der Waals surface area contributed by atoms with E-state index in [2.05, 4.69) is 4.74 Å². The summed E-state index contributed by atoms with van der Waals surface area (Å²) in [5.41, 5.74) is 2.70. The van der Waals surface area contributed by atoms with Crippen molar-refractivity contribution in [3.05, 3.63) is 34.4 Å². The van der Waals surface area contributed by atoms with Crippen molar-refractivity contribution in [1.82, 2.24) is 0 Å². The molecule has 104 valence electrons. The SMILES string of the molecule is COC(=O)c1c(F)c(F)c(CC2(N)CC2)c(F)c1F. The molecule has 0 atom stereocenters. The quantitative estimate of drug-likeness (QED) is 0.522. The van der Waals surface area contributed by atoms with Gasteiger partial charge >= 0.3 is 5.97 Å². The highest BCUT2D eigenvalue weighted by atomic mass is 19.2. The summed E-state index contributed by atoms with van der Waals surface area (Å²) in [5.74, 6) is -8.20. The highest BCUT2D eigenvalue weighted by Gasteiger charge is 2.41.